The fourth-order valence-electron chi connectivity index (χ4n) is 2.60. The van der Waals surface area contributed by atoms with Gasteiger partial charge in [0.2, 0.25) is 0 Å². The zero-order valence-corrected chi connectivity index (χ0v) is 12.7. The van der Waals surface area contributed by atoms with Crippen molar-refractivity contribution in [3.63, 3.8) is 0 Å². The maximum Gasteiger partial charge on any atom is 0.252 e. The largest absolute Gasteiger partial charge is 0.387 e. The quantitative estimate of drug-likeness (QED) is 0.910. The van der Waals surface area contributed by atoms with E-state index in [4.69, 9.17) is 0 Å². The predicted octanol–water partition coefficient (Wildman–Crippen LogP) is 2.20. The van der Waals surface area contributed by atoms with Gasteiger partial charge in [0.1, 0.15) is 0 Å². The first-order valence-electron chi connectivity index (χ1n) is 6.97. The zero-order chi connectivity index (χ0) is 14.8. The predicted molar refractivity (Wildman–Crippen MR) is 85.0 cm³/mol. The fourth-order valence-corrected chi connectivity index (χ4v) is 3.23. The molecule has 4 nitrogen and oxygen atoms in total. The van der Waals surface area contributed by atoms with Gasteiger partial charge in [0.15, 0.2) is 0 Å². The molecule has 0 saturated carbocycles. The molecule has 2 N–H and O–H groups in total. The molecule has 1 aliphatic rings. The average molecular weight is 302 g/mol. The summed E-state index contributed by atoms with van der Waals surface area (Å²) in [5.41, 5.74) is 3.99. The van der Waals surface area contributed by atoms with E-state index in [1.54, 1.807) is 11.4 Å². The minimum absolute atomic E-state index is 0.142. The molecule has 110 valence electrons. The Bertz CT molecular complexity index is 640. The van der Waals surface area contributed by atoms with Crippen molar-refractivity contribution in [3.8, 4) is 0 Å². The van der Waals surface area contributed by atoms with Crippen molar-refractivity contribution in [1.82, 2.24) is 5.32 Å². The SMILES string of the molecule is CN1CCc2cc([C@@H](O)CNC(=O)c3ccsc3)ccc21. The van der Waals surface area contributed by atoms with Gasteiger partial charge in [0.25, 0.3) is 5.91 Å². The molecule has 0 aliphatic carbocycles. The molecule has 5 heteroatoms. The van der Waals surface area contributed by atoms with Crippen LogP contribution in [0.25, 0.3) is 0 Å². The van der Waals surface area contributed by atoms with Crippen LogP contribution in [0.3, 0.4) is 0 Å². The number of nitrogens with zero attached hydrogens (tertiary/aromatic N) is 1. The first-order valence-corrected chi connectivity index (χ1v) is 7.92. The molecule has 3 rings (SSSR count). The van der Waals surface area contributed by atoms with Gasteiger partial charge in [-0.25, -0.2) is 0 Å². The summed E-state index contributed by atoms with van der Waals surface area (Å²) < 4.78 is 0. The lowest BCUT2D eigenvalue weighted by molar-refractivity contribution is 0.0917. The summed E-state index contributed by atoms with van der Waals surface area (Å²) in [7, 11) is 2.07. The summed E-state index contributed by atoms with van der Waals surface area (Å²) in [6.45, 7) is 1.24. The van der Waals surface area contributed by atoms with Crippen LogP contribution < -0.4 is 10.2 Å². The number of thiophene rings is 1. The minimum atomic E-state index is -0.677. The Morgan fingerprint density at radius 2 is 2.33 bits per heavy atom. The number of nitrogens with one attached hydrogen (secondary N) is 1. The van der Waals surface area contributed by atoms with E-state index in [0.717, 1.165) is 18.5 Å². The Balaban J connectivity index is 1.63. The van der Waals surface area contributed by atoms with Crippen molar-refractivity contribution in [2.75, 3.05) is 25.0 Å². The number of amides is 1. The second-order valence-corrected chi connectivity index (χ2v) is 6.08. The van der Waals surface area contributed by atoms with E-state index in [9.17, 15) is 9.90 Å². The van der Waals surface area contributed by atoms with Gasteiger partial charge in [-0.2, -0.15) is 11.3 Å². The van der Waals surface area contributed by atoms with Crippen LogP contribution in [0.1, 0.15) is 27.6 Å². The lowest BCUT2D eigenvalue weighted by atomic mass is 10.0. The van der Waals surface area contributed by atoms with Gasteiger partial charge in [-0.1, -0.05) is 12.1 Å². The molecule has 2 aromatic rings. The Morgan fingerprint density at radius 1 is 1.48 bits per heavy atom. The molecule has 0 spiro atoms. The standard InChI is InChI=1S/C16H18N2O2S/c1-18-6-4-11-8-12(2-3-14(11)18)15(19)9-17-16(20)13-5-7-21-10-13/h2-3,5,7-8,10,15,19H,4,6,9H2,1H3,(H,17,20)/t15-/m0/s1. The summed E-state index contributed by atoms with van der Waals surface area (Å²) in [5, 5.41) is 16.7. The highest BCUT2D eigenvalue weighted by molar-refractivity contribution is 7.08. The third-order valence-electron chi connectivity index (χ3n) is 3.86. The van der Waals surface area contributed by atoms with Crippen LogP contribution in [-0.2, 0) is 6.42 Å². The summed E-state index contributed by atoms with van der Waals surface area (Å²) in [6, 6.07) is 7.79. The molecule has 1 aromatic heterocycles. The van der Waals surface area contributed by atoms with Gasteiger partial charge >= 0.3 is 0 Å². The van der Waals surface area contributed by atoms with Gasteiger partial charge in [0, 0.05) is 36.8 Å². The second kappa shape index (κ2) is 5.87. The normalized spacial score (nSPS) is 14.9. The number of anilines is 1. The Labute approximate surface area is 128 Å². The minimum Gasteiger partial charge on any atom is -0.387 e. The molecular weight excluding hydrogens is 284 g/mol. The van der Waals surface area contributed by atoms with E-state index in [2.05, 4.69) is 17.3 Å². The summed E-state index contributed by atoms with van der Waals surface area (Å²) in [6.07, 6.45) is 0.331. The molecule has 2 heterocycles. The second-order valence-electron chi connectivity index (χ2n) is 5.30. The number of fused-ring (bicyclic) bond motifs is 1. The molecule has 1 aromatic carbocycles. The van der Waals surface area contributed by atoms with E-state index in [-0.39, 0.29) is 12.5 Å². The first-order chi connectivity index (χ1) is 10.1. The number of rotatable bonds is 4. The molecular formula is C16H18N2O2S. The molecule has 0 fully saturated rings. The number of carbonyl (C=O) groups is 1. The Morgan fingerprint density at radius 3 is 3.10 bits per heavy atom. The van der Waals surface area contributed by atoms with Crippen LogP contribution in [0, 0.1) is 0 Å². The number of benzene rings is 1. The number of carbonyl (C=O) groups excluding carboxylic acids is 1. The van der Waals surface area contributed by atoms with Crippen LogP contribution >= 0.6 is 11.3 Å². The number of hydrogen-bond donors (Lipinski definition) is 2. The van der Waals surface area contributed by atoms with Crippen molar-refractivity contribution in [2.45, 2.75) is 12.5 Å². The summed E-state index contributed by atoms with van der Waals surface area (Å²) in [5.74, 6) is -0.142. The Kier molecular flexibility index (Phi) is 3.94. The van der Waals surface area contributed by atoms with E-state index in [1.165, 1.54) is 22.6 Å². The molecule has 1 atom stereocenters. The zero-order valence-electron chi connectivity index (χ0n) is 11.9. The van der Waals surface area contributed by atoms with Gasteiger partial charge < -0.3 is 15.3 Å². The van der Waals surface area contributed by atoms with Crippen LogP contribution in [-0.4, -0.2) is 31.2 Å². The van der Waals surface area contributed by atoms with Gasteiger partial charge in [-0.15, -0.1) is 0 Å². The molecule has 0 unspecified atom stereocenters. The third kappa shape index (κ3) is 2.94. The van der Waals surface area contributed by atoms with Gasteiger partial charge in [-0.05, 0) is 35.1 Å². The lowest BCUT2D eigenvalue weighted by Gasteiger charge is -2.15. The molecule has 1 amide bonds. The van der Waals surface area contributed by atoms with Crippen molar-refractivity contribution < 1.29 is 9.90 Å². The number of aliphatic hydroxyl groups is 1. The van der Waals surface area contributed by atoms with E-state index in [1.807, 2.05) is 23.6 Å². The van der Waals surface area contributed by atoms with E-state index in [0.29, 0.717) is 5.56 Å². The highest BCUT2D eigenvalue weighted by atomic mass is 32.1. The fraction of sp³-hybridized carbons (Fsp3) is 0.312. The van der Waals surface area contributed by atoms with Crippen molar-refractivity contribution >= 4 is 22.9 Å². The highest BCUT2D eigenvalue weighted by Crippen LogP contribution is 2.29. The van der Waals surface area contributed by atoms with Crippen molar-refractivity contribution in [3.05, 3.63) is 51.7 Å². The molecule has 1 aliphatic heterocycles. The first kappa shape index (κ1) is 14.1. The topological polar surface area (TPSA) is 52.6 Å². The monoisotopic (exact) mass is 302 g/mol. The van der Waals surface area contributed by atoms with Crippen LogP contribution in [0.2, 0.25) is 0 Å². The Hall–Kier alpha value is -1.85. The third-order valence-corrected chi connectivity index (χ3v) is 4.54. The maximum absolute atomic E-state index is 11.8. The van der Waals surface area contributed by atoms with Gasteiger partial charge in [-0.3, -0.25) is 4.79 Å². The van der Waals surface area contributed by atoms with Crippen molar-refractivity contribution in [1.29, 1.82) is 0 Å². The highest BCUT2D eigenvalue weighted by Gasteiger charge is 2.18. The number of likely N-dealkylation sites (N-methyl/N-ethyl adjacent to an activating group) is 1. The smallest absolute Gasteiger partial charge is 0.252 e. The number of hydrogen-bond acceptors (Lipinski definition) is 4. The molecule has 0 saturated heterocycles. The lowest BCUT2D eigenvalue weighted by Crippen LogP contribution is -2.28. The van der Waals surface area contributed by atoms with E-state index < -0.39 is 6.10 Å². The van der Waals surface area contributed by atoms with E-state index >= 15 is 0 Å². The summed E-state index contributed by atoms with van der Waals surface area (Å²) in [4.78, 5) is 14.1. The van der Waals surface area contributed by atoms with Crippen LogP contribution in [0.5, 0.6) is 0 Å². The van der Waals surface area contributed by atoms with Crippen LogP contribution in [0.15, 0.2) is 35.0 Å². The maximum atomic E-state index is 11.8. The summed E-state index contributed by atoms with van der Waals surface area (Å²) >= 11 is 1.48. The molecule has 21 heavy (non-hydrogen) atoms. The number of aliphatic hydroxyl groups excluding tert-OH is 1. The molecule has 0 radical (unpaired) electrons. The van der Waals surface area contributed by atoms with Crippen LogP contribution in [0.4, 0.5) is 5.69 Å². The van der Waals surface area contributed by atoms with Gasteiger partial charge in [0.05, 0.1) is 6.10 Å². The average Bonchev–Trinajstić information content (AvgIpc) is 3.14. The van der Waals surface area contributed by atoms with Crippen molar-refractivity contribution in [2.24, 2.45) is 0 Å². The molecule has 0 bridgehead atoms.